The Morgan fingerprint density at radius 1 is 0.857 bits per heavy atom. The maximum atomic E-state index is 14.2. The van der Waals surface area contributed by atoms with Crippen LogP contribution in [0, 0.1) is 28.7 Å². The molecule has 0 heterocycles. The first-order valence-electron chi connectivity index (χ1n) is 11.0. The van der Waals surface area contributed by atoms with E-state index in [0.717, 1.165) is 23.5 Å². The Bertz CT molecular complexity index is 871. The fourth-order valence-corrected chi connectivity index (χ4v) is 4.88. The number of carbonyl (C=O) groups is 3. The number of halogens is 4. The lowest BCUT2D eigenvalue weighted by molar-refractivity contribution is -0.157. The van der Waals surface area contributed by atoms with Crippen LogP contribution in [0.4, 0.5) is 17.6 Å². The second-order valence-electron chi connectivity index (χ2n) is 7.36. The van der Waals surface area contributed by atoms with Gasteiger partial charge in [0.15, 0.2) is 34.4 Å². The number of hydrogen-bond acceptors (Lipinski definition) is 8. The van der Waals surface area contributed by atoms with E-state index in [1.54, 1.807) is 34.6 Å². The van der Waals surface area contributed by atoms with Crippen molar-refractivity contribution < 1.29 is 46.2 Å². The molecule has 0 bridgehead atoms. The minimum atomic E-state index is -2.37. The molecule has 0 fully saturated rings. The number of ketones is 2. The van der Waals surface area contributed by atoms with Crippen LogP contribution >= 0.6 is 23.5 Å². The highest BCUT2D eigenvalue weighted by Crippen LogP contribution is 2.35. The largest absolute Gasteiger partial charge is 0.422 e. The highest BCUT2D eigenvalue weighted by atomic mass is 32.2. The van der Waals surface area contributed by atoms with Crippen LogP contribution in [-0.4, -0.2) is 53.1 Å². The average Bonchev–Trinajstić information content (AvgIpc) is 2.81. The molecule has 0 aliphatic rings. The molecule has 0 amide bonds. The lowest BCUT2D eigenvalue weighted by Crippen LogP contribution is -2.50. The van der Waals surface area contributed by atoms with Crippen LogP contribution in [0.5, 0.6) is 5.75 Å². The Morgan fingerprint density at radius 2 is 1.34 bits per heavy atom. The van der Waals surface area contributed by atoms with Gasteiger partial charge < -0.3 is 14.2 Å². The monoisotopic (exact) mass is 542 g/mol. The molecule has 0 saturated carbocycles. The predicted molar refractivity (Wildman–Crippen MR) is 126 cm³/mol. The molecule has 0 spiro atoms. The summed E-state index contributed by atoms with van der Waals surface area (Å²) >= 11 is 2.08. The molecule has 0 radical (unpaired) electrons. The Labute approximate surface area is 210 Å². The minimum absolute atomic E-state index is 0.148. The second kappa shape index (κ2) is 14.8. The zero-order chi connectivity index (χ0) is 26.8. The summed E-state index contributed by atoms with van der Waals surface area (Å²) in [5.74, 6) is -13.1. The first-order chi connectivity index (χ1) is 16.5. The Kier molecular flexibility index (Phi) is 13.3. The fraction of sp³-hybridized carbons (Fsp3) is 0.609. The average molecular weight is 543 g/mol. The van der Waals surface area contributed by atoms with Gasteiger partial charge in [-0.25, -0.2) is 13.2 Å². The van der Waals surface area contributed by atoms with Crippen LogP contribution in [0.15, 0.2) is 6.07 Å². The molecule has 2 atom stereocenters. The van der Waals surface area contributed by atoms with E-state index < -0.39 is 62.8 Å². The van der Waals surface area contributed by atoms with E-state index in [1.165, 1.54) is 0 Å². The molecule has 1 aromatic rings. The Morgan fingerprint density at radius 3 is 1.77 bits per heavy atom. The van der Waals surface area contributed by atoms with Gasteiger partial charge in [0.05, 0.1) is 11.5 Å². The number of thioether (sulfide) groups is 2. The summed E-state index contributed by atoms with van der Waals surface area (Å²) < 4.78 is 70.4. The van der Waals surface area contributed by atoms with Crippen LogP contribution in [0.1, 0.15) is 47.5 Å². The molecule has 1 aromatic carbocycles. The lowest BCUT2D eigenvalue weighted by atomic mass is 9.76. The highest BCUT2D eigenvalue weighted by molar-refractivity contribution is 8.00. The van der Waals surface area contributed by atoms with Crippen molar-refractivity contribution in [1.82, 2.24) is 0 Å². The van der Waals surface area contributed by atoms with Crippen LogP contribution in [0.3, 0.4) is 0 Å². The summed E-state index contributed by atoms with van der Waals surface area (Å²) in [5, 5.41) is 0. The highest BCUT2D eigenvalue weighted by Gasteiger charge is 2.52. The van der Waals surface area contributed by atoms with Crippen LogP contribution in [-0.2, 0) is 23.9 Å². The van der Waals surface area contributed by atoms with E-state index in [0.29, 0.717) is 13.2 Å². The SMILES string of the molecule is CCCC(C(=O)CS[C@@H](C)OCC)(C(=O)CS[C@@H](C)OCC)C(=O)Oc1cc(F)c(F)c(F)c1F. The second-order valence-corrected chi connectivity index (χ2v) is 9.93. The molecule has 0 aliphatic heterocycles. The first kappa shape index (κ1) is 31.4. The van der Waals surface area contributed by atoms with Crippen molar-refractivity contribution >= 4 is 41.1 Å². The zero-order valence-corrected chi connectivity index (χ0v) is 21.9. The van der Waals surface area contributed by atoms with E-state index in [9.17, 15) is 31.9 Å². The lowest BCUT2D eigenvalue weighted by Gasteiger charge is -2.29. The van der Waals surface area contributed by atoms with Crippen LogP contribution < -0.4 is 4.74 Å². The van der Waals surface area contributed by atoms with Gasteiger partial charge in [0, 0.05) is 19.3 Å². The Hall–Kier alpha value is -1.63. The van der Waals surface area contributed by atoms with E-state index in [-0.39, 0.29) is 30.4 Å². The maximum Gasteiger partial charge on any atom is 0.332 e. The molecular formula is C23H30F4O6S2. The molecule has 12 heteroatoms. The molecular weight excluding hydrogens is 512 g/mol. The van der Waals surface area contributed by atoms with Crippen LogP contribution in [0.25, 0.3) is 0 Å². The summed E-state index contributed by atoms with van der Waals surface area (Å²) in [6, 6.07) is 0.148. The zero-order valence-electron chi connectivity index (χ0n) is 20.3. The van der Waals surface area contributed by atoms with E-state index in [4.69, 9.17) is 14.2 Å². The van der Waals surface area contributed by atoms with Gasteiger partial charge in [0.25, 0.3) is 0 Å². The maximum absolute atomic E-state index is 14.2. The summed E-state index contributed by atoms with van der Waals surface area (Å²) in [5.41, 5.74) is -3.24. The number of rotatable bonds is 16. The predicted octanol–water partition coefficient (Wildman–Crippen LogP) is 5.30. The summed E-state index contributed by atoms with van der Waals surface area (Å²) in [6.07, 6.45) is -0.108. The first-order valence-corrected chi connectivity index (χ1v) is 13.1. The summed E-state index contributed by atoms with van der Waals surface area (Å²) in [6.45, 7) is 9.24. The van der Waals surface area contributed by atoms with Crippen molar-refractivity contribution in [2.24, 2.45) is 5.41 Å². The molecule has 0 unspecified atom stereocenters. The van der Waals surface area contributed by atoms with E-state index >= 15 is 0 Å². The fourth-order valence-electron chi connectivity index (χ4n) is 3.15. The molecule has 0 aromatic heterocycles. The number of Topliss-reactive ketones (excluding diaryl/α,β-unsaturated/α-hetero) is 2. The summed E-state index contributed by atoms with van der Waals surface area (Å²) in [4.78, 5) is 39.9. The van der Waals surface area contributed by atoms with Gasteiger partial charge in [-0.1, -0.05) is 13.3 Å². The van der Waals surface area contributed by atoms with Gasteiger partial charge in [-0.15, -0.1) is 23.5 Å². The minimum Gasteiger partial charge on any atom is -0.422 e. The normalized spacial score (nSPS) is 13.4. The third-order valence-electron chi connectivity index (χ3n) is 4.90. The molecule has 198 valence electrons. The molecule has 35 heavy (non-hydrogen) atoms. The molecule has 0 saturated heterocycles. The third-order valence-corrected chi connectivity index (χ3v) is 6.97. The van der Waals surface area contributed by atoms with Crippen molar-refractivity contribution in [3.8, 4) is 5.75 Å². The van der Waals surface area contributed by atoms with Crippen molar-refractivity contribution in [1.29, 1.82) is 0 Å². The van der Waals surface area contributed by atoms with Crippen molar-refractivity contribution in [3.05, 3.63) is 29.3 Å². The smallest absolute Gasteiger partial charge is 0.332 e. The quantitative estimate of drug-likeness (QED) is 0.0530. The number of ether oxygens (including phenoxy) is 3. The standard InChI is InChI=1S/C23H30F4O6S2/c1-6-9-23(17(28)11-34-13(4)31-7-2,18(29)12-35-14(5)32-8-3)22(30)33-16-10-15(24)19(25)21(27)20(16)26/h10,13-14H,6-9,11-12H2,1-5H3/t13-,14-/m0/s1. The van der Waals surface area contributed by atoms with Gasteiger partial charge in [-0.3, -0.25) is 14.4 Å². The molecule has 0 N–H and O–H groups in total. The van der Waals surface area contributed by atoms with E-state index in [2.05, 4.69) is 0 Å². The van der Waals surface area contributed by atoms with Crippen molar-refractivity contribution in [3.63, 3.8) is 0 Å². The topological polar surface area (TPSA) is 78.9 Å². The van der Waals surface area contributed by atoms with Gasteiger partial charge in [0.2, 0.25) is 11.6 Å². The van der Waals surface area contributed by atoms with E-state index in [1.807, 2.05) is 0 Å². The van der Waals surface area contributed by atoms with Gasteiger partial charge in [-0.2, -0.15) is 4.39 Å². The van der Waals surface area contributed by atoms with Crippen molar-refractivity contribution in [2.45, 2.75) is 58.3 Å². The number of carbonyl (C=O) groups excluding carboxylic acids is 3. The van der Waals surface area contributed by atoms with Gasteiger partial charge in [-0.05, 0) is 34.1 Å². The molecule has 0 aliphatic carbocycles. The van der Waals surface area contributed by atoms with Crippen LogP contribution in [0.2, 0.25) is 0 Å². The van der Waals surface area contributed by atoms with Gasteiger partial charge in [0.1, 0.15) is 10.9 Å². The van der Waals surface area contributed by atoms with Gasteiger partial charge >= 0.3 is 5.97 Å². The number of benzene rings is 1. The third kappa shape index (κ3) is 8.19. The summed E-state index contributed by atoms with van der Waals surface area (Å²) in [7, 11) is 0. The number of hydrogen-bond donors (Lipinski definition) is 0. The van der Waals surface area contributed by atoms with Crippen molar-refractivity contribution in [2.75, 3.05) is 24.7 Å². The molecule has 6 nitrogen and oxygen atoms in total. The Balaban J connectivity index is 3.39. The number of esters is 1. The molecule has 1 rings (SSSR count).